The summed E-state index contributed by atoms with van der Waals surface area (Å²) in [6, 6.07) is 23.4. The maximum absolute atomic E-state index is 12.4. The number of ether oxygens (including phenoxy) is 2. The first-order valence-electron chi connectivity index (χ1n) is 8.81. The number of nitrogens with one attached hydrogen (secondary N) is 1. The molecule has 0 unspecified atom stereocenters. The van der Waals surface area contributed by atoms with Crippen molar-refractivity contribution in [3.63, 3.8) is 0 Å². The summed E-state index contributed by atoms with van der Waals surface area (Å²) in [5, 5.41) is 2.97. The number of hydrogen-bond acceptors (Lipinski definition) is 3. The maximum atomic E-state index is 12.4. The largest absolute Gasteiger partial charge is 0.497 e. The molecule has 4 heteroatoms. The van der Waals surface area contributed by atoms with E-state index in [1.165, 1.54) is 5.56 Å². The SMILES string of the molecule is COc1cccc(CC(=O)Nc2ccc(OC)c(Cc3ccccc3)c2)c1. The van der Waals surface area contributed by atoms with Crippen molar-refractivity contribution < 1.29 is 14.3 Å². The maximum Gasteiger partial charge on any atom is 0.228 e. The summed E-state index contributed by atoms with van der Waals surface area (Å²) in [4.78, 5) is 12.4. The number of carbonyl (C=O) groups excluding carboxylic acids is 1. The van der Waals surface area contributed by atoms with E-state index < -0.39 is 0 Å². The van der Waals surface area contributed by atoms with Crippen LogP contribution in [0.15, 0.2) is 72.8 Å². The molecule has 1 amide bonds. The van der Waals surface area contributed by atoms with Crippen LogP contribution in [-0.4, -0.2) is 20.1 Å². The van der Waals surface area contributed by atoms with E-state index in [0.29, 0.717) is 0 Å². The quantitative estimate of drug-likeness (QED) is 0.675. The third-order valence-electron chi connectivity index (χ3n) is 4.30. The normalized spacial score (nSPS) is 10.3. The number of rotatable bonds is 7. The van der Waals surface area contributed by atoms with Crippen LogP contribution in [0.3, 0.4) is 0 Å². The Kier molecular flexibility index (Phi) is 6.10. The van der Waals surface area contributed by atoms with Crippen molar-refractivity contribution in [2.75, 3.05) is 19.5 Å². The molecule has 0 saturated heterocycles. The Hall–Kier alpha value is -3.27. The number of hydrogen-bond donors (Lipinski definition) is 1. The molecule has 3 aromatic rings. The van der Waals surface area contributed by atoms with E-state index in [4.69, 9.17) is 9.47 Å². The zero-order valence-corrected chi connectivity index (χ0v) is 15.6. The zero-order valence-electron chi connectivity index (χ0n) is 15.6. The molecule has 0 radical (unpaired) electrons. The Morgan fingerprint density at radius 1 is 0.852 bits per heavy atom. The van der Waals surface area contributed by atoms with Gasteiger partial charge in [-0.15, -0.1) is 0 Å². The molecule has 0 aliphatic carbocycles. The fourth-order valence-electron chi connectivity index (χ4n) is 2.98. The van der Waals surface area contributed by atoms with Gasteiger partial charge in [-0.1, -0.05) is 42.5 Å². The van der Waals surface area contributed by atoms with E-state index in [9.17, 15) is 4.79 Å². The lowest BCUT2D eigenvalue weighted by atomic mass is 10.0. The molecule has 0 saturated carbocycles. The van der Waals surface area contributed by atoms with Gasteiger partial charge in [-0.05, 0) is 41.5 Å². The Balaban J connectivity index is 1.72. The third-order valence-corrected chi connectivity index (χ3v) is 4.30. The van der Waals surface area contributed by atoms with E-state index in [2.05, 4.69) is 17.4 Å². The Morgan fingerprint density at radius 3 is 2.37 bits per heavy atom. The van der Waals surface area contributed by atoms with Crippen LogP contribution in [-0.2, 0) is 17.6 Å². The lowest BCUT2D eigenvalue weighted by Gasteiger charge is -2.12. The minimum absolute atomic E-state index is 0.0703. The van der Waals surface area contributed by atoms with Gasteiger partial charge in [0, 0.05) is 17.7 Å². The summed E-state index contributed by atoms with van der Waals surface area (Å²) in [5.74, 6) is 1.48. The molecule has 27 heavy (non-hydrogen) atoms. The fraction of sp³-hybridized carbons (Fsp3) is 0.174. The number of anilines is 1. The summed E-state index contributed by atoms with van der Waals surface area (Å²) in [5.41, 5.74) is 3.89. The first-order valence-corrected chi connectivity index (χ1v) is 8.81. The second-order valence-corrected chi connectivity index (χ2v) is 6.27. The predicted molar refractivity (Wildman–Crippen MR) is 108 cm³/mol. The molecular formula is C23H23NO3. The Labute approximate surface area is 159 Å². The van der Waals surface area contributed by atoms with Crippen molar-refractivity contribution in [3.8, 4) is 11.5 Å². The van der Waals surface area contributed by atoms with Gasteiger partial charge in [-0.2, -0.15) is 0 Å². The highest BCUT2D eigenvalue weighted by Crippen LogP contribution is 2.25. The van der Waals surface area contributed by atoms with Crippen LogP contribution in [0, 0.1) is 0 Å². The van der Waals surface area contributed by atoms with Crippen LogP contribution < -0.4 is 14.8 Å². The highest BCUT2D eigenvalue weighted by atomic mass is 16.5. The van der Waals surface area contributed by atoms with Crippen molar-refractivity contribution >= 4 is 11.6 Å². The van der Waals surface area contributed by atoms with E-state index >= 15 is 0 Å². The highest BCUT2D eigenvalue weighted by molar-refractivity contribution is 5.92. The van der Waals surface area contributed by atoms with Gasteiger partial charge in [0.2, 0.25) is 5.91 Å². The van der Waals surface area contributed by atoms with Gasteiger partial charge < -0.3 is 14.8 Å². The number of benzene rings is 3. The van der Waals surface area contributed by atoms with Gasteiger partial charge in [0.25, 0.3) is 0 Å². The van der Waals surface area contributed by atoms with Gasteiger partial charge in [-0.25, -0.2) is 0 Å². The number of methoxy groups -OCH3 is 2. The van der Waals surface area contributed by atoms with Crippen LogP contribution in [0.1, 0.15) is 16.7 Å². The van der Waals surface area contributed by atoms with Crippen molar-refractivity contribution in [1.82, 2.24) is 0 Å². The van der Waals surface area contributed by atoms with Crippen molar-refractivity contribution in [2.24, 2.45) is 0 Å². The lowest BCUT2D eigenvalue weighted by molar-refractivity contribution is -0.115. The van der Waals surface area contributed by atoms with Gasteiger partial charge >= 0.3 is 0 Å². The molecule has 4 nitrogen and oxygen atoms in total. The first kappa shape index (κ1) is 18.5. The molecule has 1 N–H and O–H groups in total. The molecule has 0 atom stereocenters. The molecule has 0 aliphatic rings. The average Bonchev–Trinajstić information content (AvgIpc) is 2.69. The molecular weight excluding hydrogens is 338 g/mol. The van der Waals surface area contributed by atoms with E-state index in [1.807, 2.05) is 60.7 Å². The minimum atomic E-state index is -0.0703. The summed E-state index contributed by atoms with van der Waals surface area (Å²) in [7, 11) is 3.27. The fourth-order valence-corrected chi connectivity index (χ4v) is 2.98. The smallest absolute Gasteiger partial charge is 0.228 e. The predicted octanol–water partition coefficient (Wildman–Crippen LogP) is 4.48. The second-order valence-electron chi connectivity index (χ2n) is 6.27. The molecule has 3 aromatic carbocycles. The third kappa shape index (κ3) is 5.11. The van der Waals surface area contributed by atoms with Gasteiger partial charge in [-0.3, -0.25) is 4.79 Å². The summed E-state index contributed by atoms with van der Waals surface area (Å²) in [6.45, 7) is 0. The van der Waals surface area contributed by atoms with Crippen molar-refractivity contribution in [3.05, 3.63) is 89.5 Å². The lowest BCUT2D eigenvalue weighted by Crippen LogP contribution is -2.14. The number of amides is 1. The van der Waals surface area contributed by atoms with Gasteiger partial charge in [0.15, 0.2) is 0 Å². The summed E-state index contributed by atoms with van der Waals surface area (Å²) in [6.07, 6.45) is 1.03. The monoisotopic (exact) mass is 361 g/mol. The molecule has 138 valence electrons. The van der Waals surface area contributed by atoms with Crippen LogP contribution in [0.2, 0.25) is 0 Å². The number of carbonyl (C=O) groups is 1. The minimum Gasteiger partial charge on any atom is -0.497 e. The molecule has 0 aromatic heterocycles. The van der Waals surface area contributed by atoms with Gasteiger partial charge in [0.05, 0.1) is 20.6 Å². The van der Waals surface area contributed by atoms with Gasteiger partial charge in [0.1, 0.15) is 11.5 Å². The van der Waals surface area contributed by atoms with Crippen molar-refractivity contribution in [2.45, 2.75) is 12.8 Å². The standard InChI is InChI=1S/C23H23NO3/c1-26-21-10-6-9-18(14-21)15-23(25)24-20-11-12-22(27-2)19(16-20)13-17-7-4-3-5-8-17/h3-12,14,16H,13,15H2,1-2H3,(H,24,25). The van der Waals surface area contributed by atoms with Crippen LogP contribution in [0.5, 0.6) is 11.5 Å². The Morgan fingerprint density at radius 2 is 1.63 bits per heavy atom. The average molecular weight is 361 g/mol. The summed E-state index contributed by atoms with van der Waals surface area (Å²) >= 11 is 0. The van der Waals surface area contributed by atoms with Crippen LogP contribution >= 0.6 is 0 Å². The van der Waals surface area contributed by atoms with E-state index in [1.54, 1.807) is 14.2 Å². The second kappa shape index (κ2) is 8.90. The van der Waals surface area contributed by atoms with E-state index in [-0.39, 0.29) is 12.3 Å². The molecule has 0 spiro atoms. The van der Waals surface area contributed by atoms with Crippen LogP contribution in [0.4, 0.5) is 5.69 Å². The first-order chi connectivity index (χ1) is 13.2. The zero-order chi connectivity index (χ0) is 19.1. The van der Waals surface area contributed by atoms with Crippen LogP contribution in [0.25, 0.3) is 0 Å². The topological polar surface area (TPSA) is 47.6 Å². The van der Waals surface area contributed by atoms with Crippen molar-refractivity contribution in [1.29, 1.82) is 0 Å². The molecule has 0 bridgehead atoms. The highest BCUT2D eigenvalue weighted by Gasteiger charge is 2.09. The molecule has 0 heterocycles. The molecule has 0 aliphatic heterocycles. The summed E-state index contributed by atoms with van der Waals surface area (Å²) < 4.78 is 10.7. The Bertz CT molecular complexity index is 907. The molecule has 0 fully saturated rings. The molecule has 3 rings (SSSR count). The van der Waals surface area contributed by atoms with E-state index in [0.717, 1.165) is 34.7 Å².